The number of aliphatic carboxylic acids is 1. The van der Waals surface area contributed by atoms with Crippen molar-refractivity contribution in [2.24, 2.45) is 7.05 Å². The van der Waals surface area contributed by atoms with Crippen LogP contribution in [-0.4, -0.2) is 42.7 Å². The standard InChI is InChI=1S/C31H33N3O7S/c1-31(2)22-19-21(42(37,38)39)15-16-23(22)34(17-7-5-6-14-28(35)36)26(31)12-9-13-27-32-30-25(41-27)18-20-10-8-11-24(40-4)29(20)33(30)3/h8-13,15-16,18-19H,5-7,14,17H2,1-4H3,(H-,35,36,37,38,39)/p+1. The number of oxazole rings is 1. The fourth-order valence-electron chi connectivity index (χ4n) is 5.67. The van der Waals surface area contributed by atoms with Gasteiger partial charge in [0.25, 0.3) is 10.1 Å². The van der Waals surface area contributed by atoms with Crippen molar-refractivity contribution in [1.29, 1.82) is 0 Å². The second-order valence-corrected chi connectivity index (χ2v) is 12.3. The van der Waals surface area contributed by atoms with Crippen LogP contribution in [0.25, 0.3) is 28.2 Å². The second-order valence-electron chi connectivity index (χ2n) is 10.9. The van der Waals surface area contributed by atoms with Crippen LogP contribution in [-0.2, 0) is 27.4 Å². The first-order valence-corrected chi connectivity index (χ1v) is 15.1. The van der Waals surface area contributed by atoms with E-state index in [9.17, 15) is 17.8 Å². The van der Waals surface area contributed by atoms with Crippen LogP contribution in [0, 0.1) is 0 Å². The number of unbranched alkanes of at least 4 members (excludes halogenated alkanes) is 2. The third-order valence-corrected chi connectivity index (χ3v) is 8.62. The predicted octanol–water partition coefficient (Wildman–Crippen LogP) is 5.40. The van der Waals surface area contributed by atoms with Crippen LogP contribution in [0.5, 0.6) is 5.75 Å². The van der Waals surface area contributed by atoms with Gasteiger partial charge in [-0.1, -0.05) is 38.5 Å². The van der Waals surface area contributed by atoms with Gasteiger partial charge in [0, 0.05) is 52.3 Å². The number of aryl methyl sites for hydroxylation is 1. The van der Waals surface area contributed by atoms with E-state index in [0.717, 1.165) is 46.4 Å². The Kier molecular flexibility index (Phi) is 7.82. The summed E-state index contributed by atoms with van der Waals surface area (Å²) in [5, 5.41) is 9.93. The van der Waals surface area contributed by atoms with E-state index < -0.39 is 21.5 Å². The fourth-order valence-corrected chi connectivity index (χ4v) is 6.18. The van der Waals surface area contributed by atoms with E-state index >= 15 is 0 Å². The number of nitrogens with zero attached hydrogens (tertiary/aromatic N) is 3. The molecule has 2 N–H and O–H groups in total. The highest BCUT2D eigenvalue weighted by Crippen LogP contribution is 2.48. The molecule has 0 bridgehead atoms. The number of para-hydroxylation sites is 1. The van der Waals surface area contributed by atoms with Gasteiger partial charge in [0.1, 0.15) is 0 Å². The number of allylic oxidation sites excluding steroid dienone is 3. The van der Waals surface area contributed by atoms with E-state index in [-0.39, 0.29) is 11.3 Å². The number of carboxylic acids is 1. The molecule has 2 aromatic heterocycles. The fraction of sp³-hybridized carbons (Fsp3) is 0.323. The van der Waals surface area contributed by atoms with Crippen LogP contribution < -0.4 is 14.2 Å². The van der Waals surface area contributed by atoms with Crippen molar-refractivity contribution in [3.05, 3.63) is 71.8 Å². The summed E-state index contributed by atoms with van der Waals surface area (Å²) in [7, 11) is -0.819. The molecule has 11 heteroatoms. The lowest BCUT2D eigenvalue weighted by molar-refractivity contribution is -0.619. The van der Waals surface area contributed by atoms with E-state index in [4.69, 9.17) is 14.3 Å². The molecule has 0 radical (unpaired) electrons. The lowest BCUT2D eigenvalue weighted by atomic mass is 9.83. The smallest absolute Gasteiger partial charge is 0.371 e. The minimum absolute atomic E-state index is 0.121. The van der Waals surface area contributed by atoms with Crippen LogP contribution in [0.2, 0.25) is 0 Å². The van der Waals surface area contributed by atoms with E-state index in [1.165, 1.54) is 12.1 Å². The highest BCUT2D eigenvalue weighted by Gasteiger charge is 2.40. The zero-order valence-electron chi connectivity index (χ0n) is 24.0. The molecule has 3 heterocycles. The first-order chi connectivity index (χ1) is 19.9. The number of carboxylic acid groups (broad SMARTS) is 1. The molecule has 0 saturated carbocycles. The van der Waals surface area contributed by atoms with Crippen molar-refractivity contribution >= 4 is 50.0 Å². The number of fused-ring (bicyclic) bond motifs is 3. The monoisotopic (exact) mass is 592 g/mol. The Balaban J connectivity index is 1.49. The number of hydrogen-bond donors (Lipinski definition) is 2. The number of pyridine rings is 1. The molecule has 220 valence electrons. The molecular formula is C31H34N3O7S+. The average molecular weight is 593 g/mol. The van der Waals surface area contributed by atoms with Crippen LogP contribution in [0.1, 0.15) is 51.0 Å². The highest BCUT2D eigenvalue weighted by atomic mass is 32.2. The van der Waals surface area contributed by atoms with Gasteiger partial charge in [-0.3, -0.25) is 9.35 Å². The van der Waals surface area contributed by atoms with Gasteiger partial charge in [-0.25, -0.2) is 4.57 Å². The van der Waals surface area contributed by atoms with E-state index in [1.54, 1.807) is 19.3 Å². The maximum atomic E-state index is 11.9. The third kappa shape index (κ3) is 5.49. The topological polar surface area (TPSA) is 134 Å². The van der Waals surface area contributed by atoms with Crippen molar-refractivity contribution in [3.8, 4) is 5.75 Å². The molecule has 0 atom stereocenters. The summed E-state index contributed by atoms with van der Waals surface area (Å²) < 4.78 is 47.0. The van der Waals surface area contributed by atoms with E-state index in [2.05, 4.69) is 9.88 Å². The van der Waals surface area contributed by atoms with Gasteiger partial charge in [-0.05, 0) is 48.7 Å². The maximum absolute atomic E-state index is 11.9. The van der Waals surface area contributed by atoms with Crippen LogP contribution in [0.4, 0.5) is 5.69 Å². The lowest BCUT2D eigenvalue weighted by Crippen LogP contribution is -2.30. The summed E-state index contributed by atoms with van der Waals surface area (Å²) in [6.07, 6.45) is 7.79. The summed E-state index contributed by atoms with van der Waals surface area (Å²) in [4.78, 5) is 17.6. The number of rotatable bonds is 10. The Bertz CT molecular complexity index is 1860. The maximum Gasteiger partial charge on any atom is 0.371 e. The number of carbonyl (C=O) groups is 1. The summed E-state index contributed by atoms with van der Waals surface area (Å²) in [5.41, 5.74) is 4.19. The predicted molar refractivity (Wildman–Crippen MR) is 159 cm³/mol. The summed E-state index contributed by atoms with van der Waals surface area (Å²) in [5.74, 6) is 0.352. The highest BCUT2D eigenvalue weighted by molar-refractivity contribution is 7.85. The van der Waals surface area contributed by atoms with Crippen molar-refractivity contribution in [2.75, 3.05) is 18.6 Å². The summed E-state index contributed by atoms with van der Waals surface area (Å²) >= 11 is 0. The molecule has 0 fully saturated rings. The first kappa shape index (κ1) is 29.3. The average Bonchev–Trinajstić information content (AvgIpc) is 3.43. The lowest BCUT2D eigenvalue weighted by Gasteiger charge is -2.27. The molecule has 1 aliphatic rings. The second kappa shape index (κ2) is 11.2. The van der Waals surface area contributed by atoms with Crippen molar-refractivity contribution in [3.63, 3.8) is 0 Å². The molecule has 0 saturated heterocycles. The zero-order chi connectivity index (χ0) is 30.2. The summed E-state index contributed by atoms with van der Waals surface area (Å²) in [6.45, 7) is 4.62. The van der Waals surface area contributed by atoms with Crippen LogP contribution in [0.3, 0.4) is 0 Å². The Morgan fingerprint density at radius 2 is 1.95 bits per heavy atom. The van der Waals surface area contributed by atoms with Crippen molar-refractivity contribution < 1.29 is 36.6 Å². The van der Waals surface area contributed by atoms with Crippen molar-refractivity contribution in [1.82, 2.24) is 4.98 Å². The zero-order valence-corrected chi connectivity index (χ0v) is 24.8. The summed E-state index contributed by atoms with van der Waals surface area (Å²) in [6, 6.07) is 12.4. The van der Waals surface area contributed by atoms with Gasteiger partial charge in [0.05, 0.1) is 19.1 Å². The SMILES string of the molecule is COc1cccc2cc3oc(/C=C/C=C4\N(CCCCCC(=O)O)c5ccc(S(=O)(=O)O)cc5C4(C)C)nc3[n+](C)c12. The van der Waals surface area contributed by atoms with Gasteiger partial charge < -0.3 is 19.2 Å². The minimum atomic E-state index is -4.37. The normalized spacial score (nSPS) is 15.7. The molecule has 10 nitrogen and oxygen atoms in total. The first-order valence-electron chi connectivity index (χ1n) is 13.7. The largest absolute Gasteiger partial charge is 0.492 e. The van der Waals surface area contributed by atoms with E-state index in [0.29, 0.717) is 30.1 Å². The molecule has 0 spiro atoms. The molecule has 5 rings (SSSR count). The molecule has 4 aromatic rings. The van der Waals surface area contributed by atoms with Gasteiger partial charge >= 0.3 is 17.5 Å². The van der Waals surface area contributed by atoms with Gasteiger partial charge in [-0.2, -0.15) is 8.42 Å². The molecule has 0 aliphatic carbocycles. The quantitative estimate of drug-likeness (QED) is 0.141. The minimum Gasteiger partial charge on any atom is -0.492 e. The Labute approximate surface area is 244 Å². The molecule has 0 amide bonds. The Morgan fingerprint density at radius 3 is 2.67 bits per heavy atom. The Hall–Kier alpha value is -4.22. The van der Waals surface area contributed by atoms with Crippen molar-refractivity contribution in [2.45, 2.75) is 49.8 Å². The van der Waals surface area contributed by atoms with Gasteiger partial charge in [0.15, 0.2) is 11.3 Å². The van der Waals surface area contributed by atoms with Crippen LogP contribution in [0.15, 0.2) is 69.6 Å². The van der Waals surface area contributed by atoms with Gasteiger partial charge in [0.2, 0.25) is 5.58 Å². The third-order valence-electron chi connectivity index (χ3n) is 7.77. The Morgan fingerprint density at radius 1 is 1.17 bits per heavy atom. The van der Waals surface area contributed by atoms with Crippen LogP contribution >= 0.6 is 0 Å². The molecule has 0 unspecified atom stereocenters. The number of methoxy groups -OCH3 is 1. The molecular weight excluding hydrogens is 558 g/mol. The number of aromatic nitrogens is 2. The molecule has 2 aromatic carbocycles. The number of benzene rings is 2. The molecule has 1 aliphatic heterocycles. The number of anilines is 1. The molecule has 42 heavy (non-hydrogen) atoms. The number of hydrogen-bond acceptors (Lipinski definition) is 7. The van der Waals surface area contributed by atoms with E-state index in [1.807, 2.05) is 61.9 Å². The van der Waals surface area contributed by atoms with Gasteiger partial charge in [-0.15, -0.1) is 0 Å². The number of ether oxygens (including phenoxy) is 1.